The molecule has 0 aliphatic rings. The minimum absolute atomic E-state index is 0.0675. The first-order valence-electron chi connectivity index (χ1n) is 2.71. The Hall–Kier alpha value is -1.23. The molecule has 0 saturated carbocycles. The quantitative estimate of drug-likeness (QED) is 0.571. The minimum atomic E-state index is -0.0675. The van der Waals surface area contributed by atoms with Crippen LogP contribution in [-0.2, 0) is 0 Å². The van der Waals surface area contributed by atoms with Gasteiger partial charge in [0.2, 0.25) is 0 Å². The summed E-state index contributed by atoms with van der Waals surface area (Å²) >= 11 is 1.15. The monoisotopic (exact) mass is 154 g/mol. The second-order valence-corrected chi connectivity index (χ2v) is 2.81. The van der Waals surface area contributed by atoms with E-state index in [0.29, 0.717) is 5.65 Å². The van der Waals surface area contributed by atoms with Crippen molar-refractivity contribution >= 4 is 21.7 Å². The lowest BCUT2D eigenvalue weighted by Gasteiger charge is -1.71. The van der Waals surface area contributed by atoms with Crippen LogP contribution in [0.2, 0.25) is 0 Å². The number of rotatable bonds is 0. The second kappa shape index (κ2) is 1.88. The molecule has 4 nitrogen and oxygen atoms in total. The highest BCUT2D eigenvalue weighted by molar-refractivity contribution is 7.16. The molecule has 0 aliphatic carbocycles. The molecule has 0 spiro atoms. The van der Waals surface area contributed by atoms with Crippen LogP contribution in [0.3, 0.4) is 0 Å². The summed E-state index contributed by atoms with van der Waals surface area (Å²) in [6.45, 7) is 0. The molecule has 2 heterocycles. The van der Waals surface area contributed by atoms with E-state index in [4.69, 9.17) is 0 Å². The number of fused-ring (bicyclic) bond motifs is 1. The number of aromatic nitrogens is 3. The van der Waals surface area contributed by atoms with Crippen molar-refractivity contribution in [1.29, 1.82) is 0 Å². The van der Waals surface area contributed by atoms with E-state index in [0.717, 1.165) is 16.0 Å². The summed E-state index contributed by atoms with van der Waals surface area (Å²) in [5.74, 6) is 0. The zero-order chi connectivity index (χ0) is 6.97. The van der Waals surface area contributed by atoms with Gasteiger partial charge in [0, 0.05) is 0 Å². The molecule has 2 aromatic heterocycles. The van der Waals surface area contributed by atoms with Gasteiger partial charge in [-0.15, -0.1) is 0 Å². The van der Waals surface area contributed by atoms with Gasteiger partial charge in [-0.05, 0) is 4.98 Å². The summed E-state index contributed by atoms with van der Waals surface area (Å²) in [5.41, 5.74) is 0.647. The predicted molar refractivity (Wildman–Crippen MR) is 36.8 cm³/mol. The molecular formula is C5H4N3OS+. The van der Waals surface area contributed by atoms with Crippen LogP contribution in [0.4, 0.5) is 0 Å². The Morgan fingerprint density at radius 2 is 2.60 bits per heavy atom. The van der Waals surface area contributed by atoms with Crippen molar-refractivity contribution < 1.29 is 4.98 Å². The van der Waals surface area contributed by atoms with E-state index in [1.165, 1.54) is 6.33 Å². The van der Waals surface area contributed by atoms with Gasteiger partial charge < -0.3 is 0 Å². The number of hydrogen-bond donors (Lipinski definition) is 1. The van der Waals surface area contributed by atoms with Crippen LogP contribution in [0.1, 0.15) is 0 Å². The molecule has 10 heavy (non-hydrogen) atoms. The summed E-state index contributed by atoms with van der Waals surface area (Å²) in [7, 11) is 0. The van der Waals surface area contributed by atoms with Crippen LogP contribution in [-0.4, -0.2) is 9.97 Å². The van der Waals surface area contributed by atoms with Crippen molar-refractivity contribution in [2.45, 2.75) is 0 Å². The number of H-pyrrole nitrogens is 2. The van der Waals surface area contributed by atoms with Gasteiger partial charge in [-0.2, -0.15) is 0 Å². The molecule has 5 heteroatoms. The molecule has 0 atom stereocenters. The summed E-state index contributed by atoms with van der Waals surface area (Å²) in [4.78, 5) is 19.9. The molecule has 0 fully saturated rings. The van der Waals surface area contributed by atoms with Gasteiger partial charge in [-0.1, -0.05) is 11.3 Å². The average Bonchev–Trinajstić information content (AvgIpc) is 2.27. The molecule has 0 aromatic carbocycles. The van der Waals surface area contributed by atoms with Crippen molar-refractivity contribution in [1.82, 2.24) is 9.97 Å². The summed E-state index contributed by atoms with van der Waals surface area (Å²) < 4.78 is 0.854. The molecule has 0 amide bonds. The Morgan fingerprint density at radius 3 is 3.40 bits per heavy atom. The second-order valence-electron chi connectivity index (χ2n) is 1.80. The van der Waals surface area contributed by atoms with E-state index in [1.54, 1.807) is 6.20 Å². The van der Waals surface area contributed by atoms with E-state index < -0.39 is 0 Å². The largest absolute Gasteiger partial charge is 0.308 e. The molecule has 0 bridgehead atoms. The third-order valence-electron chi connectivity index (χ3n) is 1.14. The Morgan fingerprint density at radius 1 is 1.70 bits per heavy atom. The van der Waals surface area contributed by atoms with Crippen LogP contribution in [0.15, 0.2) is 17.3 Å². The third-order valence-corrected chi connectivity index (χ3v) is 1.96. The van der Waals surface area contributed by atoms with E-state index >= 15 is 0 Å². The van der Waals surface area contributed by atoms with E-state index in [1.807, 2.05) is 0 Å². The third kappa shape index (κ3) is 0.714. The predicted octanol–water partition coefficient (Wildman–Crippen LogP) is -0.201. The van der Waals surface area contributed by atoms with Gasteiger partial charge in [0.25, 0.3) is 12.0 Å². The number of aromatic amines is 2. The van der Waals surface area contributed by atoms with Crippen LogP contribution in [0.5, 0.6) is 0 Å². The average molecular weight is 154 g/mol. The lowest BCUT2D eigenvalue weighted by atomic mass is 10.6. The maximum atomic E-state index is 10.7. The minimum Gasteiger partial charge on any atom is -0.276 e. The SMILES string of the molecule is O=c1[nH]c2nc[nH+]cc2s1. The molecule has 0 saturated heterocycles. The van der Waals surface area contributed by atoms with Gasteiger partial charge in [-0.25, -0.2) is 4.98 Å². The topological polar surface area (TPSA) is 59.9 Å². The van der Waals surface area contributed by atoms with Crippen molar-refractivity contribution in [3.8, 4) is 0 Å². The lowest BCUT2D eigenvalue weighted by Crippen LogP contribution is -1.99. The molecule has 2 N–H and O–H groups in total. The van der Waals surface area contributed by atoms with Crippen LogP contribution in [0, 0.1) is 0 Å². The van der Waals surface area contributed by atoms with Crippen LogP contribution >= 0.6 is 11.3 Å². The molecule has 50 valence electrons. The van der Waals surface area contributed by atoms with Gasteiger partial charge in [0.05, 0.1) is 0 Å². The highest BCUT2D eigenvalue weighted by Crippen LogP contribution is 2.05. The fourth-order valence-electron chi connectivity index (χ4n) is 0.740. The van der Waals surface area contributed by atoms with E-state index in [2.05, 4.69) is 15.0 Å². The molecular weight excluding hydrogens is 150 g/mol. The van der Waals surface area contributed by atoms with Crippen LogP contribution < -0.4 is 9.86 Å². The summed E-state index contributed by atoms with van der Waals surface area (Å²) in [6.07, 6.45) is 3.27. The van der Waals surface area contributed by atoms with Crippen molar-refractivity contribution in [2.75, 3.05) is 0 Å². The summed E-state index contributed by atoms with van der Waals surface area (Å²) in [6, 6.07) is 0. The lowest BCUT2D eigenvalue weighted by molar-refractivity contribution is -0.380. The Bertz CT molecular complexity index is 368. The first-order chi connectivity index (χ1) is 4.86. The van der Waals surface area contributed by atoms with Crippen molar-refractivity contribution in [3.05, 3.63) is 22.2 Å². The first kappa shape index (κ1) is 5.55. The van der Waals surface area contributed by atoms with Gasteiger partial charge in [-0.3, -0.25) is 9.78 Å². The normalized spacial score (nSPS) is 10.4. The molecule has 0 unspecified atom stereocenters. The van der Waals surface area contributed by atoms with Crippen molar-refractivity contribution in [2.24, 2.45) is 0 Å². The van der Waals surface area contributed by atoms with E-state index in [9.17, 15) is 4.79 Å². The maximum absolute atomic E-state index is 10.7. The highest BCUT2D eigenvalue weighted by atomic mass is 32.1. The van der Waals surface area contributed by atoms with Gasteiger partial charge in [0.15, 0.2) is 0 Å². The fourth-order valence-corrected chi connectivity index (χ4v) is 1.42. The Balaban J connectivity index is 3.01. The standard InChI is InChI=1S/C5H3N3OS/c9-5-8-4-3(10-5)1-6-2-7-4/h1-2H,(H,6,7,8,9)/p+1. The number of hydrogen-bond acceptors (Lipinski definition) is 3. The maximum Gasteiger partial charge on any atom is 0.308 e. The molecule has 2 aromatic rings. The molecule has 0 aliphatic heterocycles. The smallest absolute Gasteiger partial charge is 0.276 e. The number of nitrogens with zero attached hydrogens (tertiary/aromatic N) is 1. The molecule has 0 radical (unpaired) electrons. The Kier molecular flexibility index (Phi) is 1.04. The number of nitrogens with one attached hydrogen (secondary N) is 2. The zero-order valence-corrected chi connectivity index (χ0v) is 5.73. The first-order valence-corrected chi connectivity index (χ1v) is 3.53. The molecule has 2 rings (SSSR count). The fraction of sp³-hybridized carbons (Fsp3) is 0. The van der Waals surface area contributed by atoms with Crippen LogP contribution in [0.25, 0.3) is 10.3 Å². The van der Waals surface area contributed by atoms with E-state index in [-0.39, 0.29) is 4.87 Å². The summed E-state index contributed by atoms with van der Waals surface area (Å²) in [5, 5.41) is 0. The van der Waals surface area contributed by atoms with Crippen molar-refractivity contribution in [3.63, 3.8) is 0 Å². The van der Waals surface area contributed by atoms with Gasteiger partial charge in [0.1, 0.15) is 10.9 Å². The zero-order valence-electron chi connectivity index (χ0n) is 4.92. The highest BCUT2D eigenvalue weighted by Gasteiger charge is 2.02. The number of thiazole rings is 1. The van der Waals surface area contributed by atoms with Gasteiger partial charge >= 0.3 is 4.87 Å². The Labute approximate surface area is 59.6 Å².